The monoisotopic (exact) mass is 310 g/mol. The van der Waals surface area contributed by atoms with E-state index < -0.39 is 6.10 Å². The summed E-state index contributed by atoms with van der Waals surface area (Å²) in [4.78, 5) is 0. The maximum atomic E-state index is 9.59. The fraction of sp³-hybridized carbons (Fsp3) is 0.895. The first kappa shape index (κ1) is 19.5. The van der Waals surface area contributed by atoms with Crippen molar-refractivity contribution < 1.29 is 14.6 Å². The van der Waals surface area contributed by atoms with E-state index in [1.165, 1.54) is 44.9 Å². The molecule has 1 aliphatic rings. The molecule has 3 heteroatoms. The molecule has 1 aliphatic heterocycles. The lowest BCUT2D eigenvalue weighted by molar-refractivity contribution is -0.162. The predicted octanol–water partition coefficient (Wildman–Crippen LogP) is 4.42. The van der Waals surface area contributed by atoms with E-state index in [0.717, 1.165) is 45.3 Å². The van der Waals surface area contributed by atoms with Crippen molar-refractivity contribution in [2.75, 3.05) is 13.2 Å². The van der Waals surface area contributed by atoms with Gasteiger partial charge in [-0.2, -0.15) is 0 Å². The zero-order valence-electron chi connectivity index (χ0n) is 14.3. The number of ether oxygens (including phenoxy) is 2. The molecular weight excluding hydrogens is 276 g/mol. The van der Waals surface area contributed by atoms with Gasteiger partial charge in [0.15, 0.2) is 6.29 Å². The Morgan fingerprint density at radius 1 is 1.09 bits per heavy atom. The number of aliphatic hydroxyl groups excluding tert-OH is 1. The summed E-state index contributed by atoms with van der Waals surface area (Å²) in [6.07, 6.45) is 13.3. The molecule has 128 valence electrons. The van der Waals surface area contributed by atoms with Crippen molar-refractivity contribution in [3.05, 3.63) is 0 Å². The van der Waals surface area contributed by atoms with Crippen LogP contribution in [0.25, 0.3) is 0 Å². The average Bonchev–Trinajstić information content (AvgIpc) is 2.55. The average molecular weight is 310 g/mol. The minimum absolute atomic E-state index is 0.0657. The van der Waals surface area contributed by atoms with Gasteiger partial charge in [0.1, 0.15) is 6.10 Å². The Balaban J connectivity index is 1.78. The van der Waals surface area contributed by atoms with Gasteiger partial charge in [-0.1, -0.05) is 44.9 Å². The van der Waals surface area contributed by atoms with Crippen LogP contribution in [-0.2, 0) is 9.47 Å². The normalized spacial score (nSPS) is 19.5. The summed E-state index contributed by atoms with van der Waals surface area (Å²) in [7, 11) is 0. The molecule has 1 N–H and O–H groups in total. The van der Waals surface area contributed by atoms with Gasteiger partial charge in [0, 0.05) is 19.6 Å². The van der Waals surface area contributed by atoms with Gasteiger partial charge in [-0.15, -0.1) is 5.92 Å². The van der Waals surface area contributed by atoms with Gasteiger partial charge in [0.05, 0.1) is 0 Å². The van der Waals surface area contributed by atoms with Crippen LogP contribution < -0.4 is 0 Å². The van der Waals surface area contributed by atoms with Crippen LogP contribution in [0.2, 0.25) is 0 Å². The first-order chi connectivity index (χ1) is 10.8. The maximum absolute atomic E-state index is 9.59. The Bertz CT molecular complexity index is 300. The molecule has 0 aromatic carbocycles. The topological polar surface area (TPSA) is 38.7 Å². The van der Waals surface area contributed by atoms with Crippen molar-refractivity contribution in [1.29, 1.82) is 0 Å². The van der Waals surface area contributed by atoms with E-state index in [2.05, 4.69) is 11.8 Å². The lowest BCUT2D eigenvalue weighted by Gasteiger charge is -2.22. The minimum atomic E-state index is -0.417. The van der Waals surface area contributed by atoms with E-state index in [9.17, 15) is 5.11 Å². The second-order valence-corrected chi connectivity index (χ2v) is 6.12. The van der Waals surface area contributed by atoms with Crippen LogP contribution in [0, 0.1) is 11.8 Å². The zero-order chi connectivity index (χ0) is 15.9. The molecule has 1 fully saturated rings. The Morgan fingerprint density at radius 2 is 1.82 bits per heavy atom. The Labute approximate surface area is 136 Å². The summed E-state index contributed by atoms with van der Waals surface area (Å²) in [5.41, 5.74) is 0. The van der Waals surface area contributed by atoms with E-state index in [1.807, 2.05) is 6.92 Å². The van der Waals surface area contributed by atoms with Crippen LogP contribution in [0.3, 0.4) is 0 Å². The first-order valence-corrected chi connectivity index (χ1v) is 9.22. The number of hydrogen-bond acceptors (Lipinski definition) is 3. The molecular formula is C19H34O3. The van der Waals surface area contributed by atoms with Crippen molar-refractivity contribution in [2.45, 2.75) is 96.4 Å². The van der Waals surface area contributed by atoms with Gasteiger partial charge < -0.3 is 14.6 Å². The molecule has 1 rings (SSSR count). The third-order valence-corrected chi connectivity index (χ3v) is 4.01. The molecule has 2 unspecified atom stereocenters. The van der Waals surface area contributed by atoms with E-state index in [-0.39, 0.29) is 6.29 Å². The number of hydrogen-bond donors (Lipinski definition) is 1. The molecule has 2 atom stereocenters. The van der Waals surface area contributed by atoms with Crippen LogP contribution in [0.4, 0.5) is 0 Å². The van der Waals surface area contributed by atoms with E-state index in [4.69, 9.17) is 9.47 Å². The maximum Gasteiger partial charge on any atom is 0.157 e. The van der Waals surface area contributed by atoms with Crippen molar-refractivity contribution in [1.82, 2.24) is 0 Å². The van der Waals surface area contributed by atoms with E-state index >= 15 is 0 Å². The number of aliphatic hydroxyl groups is 1. The highest BCUT2D eigenvalue weighted by Gasteiger charge is 2.13. The van der Waals surface area contributed by atoms with Crippen molar-refractivity contribution in [3.8, 4) is 11.8 Å². The zero-order valence-corrected chi connectivity index (χ0v) is 14.3. The van der Waals surface area contributed by atoms with Crippen LogP contribution in [0.1, 0.15) is 84.0 Å². The molecule has 0 aromatic heterocycles. The van der Waals surface area contributed by atoms with Gasteiger partial charge in [-0.3, -0.25) is 0 Å². The van der Waals surface area contributed by atoms with Crippen molar-refractivity contribution in [2.24, 2.45) is 0 Å². The molecule has 0 aliphatic carbocycles. The van der Waals surface area contributed by atoms with Gasteiger partial charge in [-0.05, 0) is 38.5 Å². The van der Waals surface area contributed by atoms with Gasteiger partial charge in [-0.25, -0.2) is 0 Å². The lowest BCUT2D eigenvalue weighted by Crippen LogP contribution is -2.22. The Kier molecular flexibility index (Phi) is 12.5. The molecule has 0 aromatic rings. The minimum Gasteiger partial charge on any atom is -0.380 e. The Morgan fingerprint density at radius 3 is 2.50 bits per heavy atom. The van der Waals surface area contributed by atoms with Crippen molar-refractivity contribution in [3.63, 3.8) is 0 Å². The van der Waals surface area contributed by atoms with Gasteiger partial charge >= 0.3 is 0 Å². The fourth-order valence-electron chi connectivity index (χ4n) is 2.67. The second-order valence-electron chi connectivity index (χ2n) is 6.12. The quantitative estimate of drug-likeness (QED) is 0.453. The van der Waals surface area contributed by atoms with Gasteiger partial charge in [0.2, 0.25) is 0 Å². The third kappa shape index (κ3) is 11.1. The molecule has 0 bridgehead atoms. The standard InChI is InChI=1S/C19H34O3/c1-2-3-13-18(20)14-9-7-5-4-6-8-11-16-21-19-15-10-12-17-22-19/h18-20H,2,4-12,14-17H2,1H3. The smallest absolute Gasteiger partial charge is 0.157 e. The van der Waals surface area contributed by atoms with Crippen molar-refractivity contribution >= 4 is 0 Å². The molecule has 22 heavy (non-hydrogen) atoms. The summed E-state index contributed by atoms with van der Waals surface area (Å²) < 4.78 is 11.3. The summed E-state index contributed by atoms with van der Waals surface area (Å²) >= 11 is 0. The third-order valence-electron chi connectivity index (χ3n) is 4.01. The molecule has 1 heterocycles. The largest absolute Gasteiger partial charge is 0.380 e. The van der Waals surface area contributed by atoms with Crippen LogP contribution in [0.15, 0.2) is 0 Å². The molecule has 0 radical (unpaired) electrons. The van der Waals surface area contributed by atoms with Crippen LogP contribution in [0.5, 0.6) is 0 Å². The lowest BCUT2D eigenvalue weighted by atomic mass is 10.1. The van der Waals surface area contributed by atoms with E-state index in [1.54, 1.807) is 0 Å². The summed E-state index contributed by atoms with van der Waals surface area (Å²) in [5, 5.41) is 9.59. The summed E-state index contributed by atoms with van der Waals surface area (Å²) in [6, 6.07) is 0. The SMILES string of the molecule is CCC#CC(O)CCCCCCCCCOC1CCCCO1. The number of rotatable bonds is 11. The highest BCUT2D eigenvalue weighted by molar-refractivity contribution is 5.03. The summed E-state index contributed by atoms with van der Waals surface area (Å²) in [5.74, 6) is 5.80. The predicted molar refractivity (Wildman–Crippen MR) is 90.6 cm³/mol. The second kappa shape index (κ2) is 14.1. The number of unbranched alkanes of at least 4 members (excludes halogenated alkanes) is 6. The van der Waals surface area contributed by atoms with Crippen LogP contribution >= 0.6 is 0 Å². The molecule has 3 nitrogen and oxygen atoms in total. The molecule has 0 saturated carbocycles. The molecule has 1 saturated heterocycles. The highest BCUT2D eigenvalue weighted by atomic mass is 16.7. The first-order valence-electron chi connectivity index (χ1n) is 9.22. The highest BCUT2D eigenvalue weighted by Crippen LogP contribution is 2.15. The van der Waals surface area contributed by atoms with E-state index in [0.29, 0.717) is 0 Å². The molecule has 0 spiro atoms. The summed E-state index contributed by atoms with van der Waals surface area (Å²) in [6.45, 7) is 3.71. The Hall–Kier alpha value is -0.560. The fourth-order valence-corrected chi connectivity index (χ4v) is 2.67. The van der Waals surface area contributed by atoms with Gasteiger partial charge in [0.25, 0.3) is 0 Å². The molecule has 0 amide bonds. The van der Waals surface area contributed by atoms with Crippen LogP contribution in [-0.4, -0.2) is 30.7 Å².